The number of nitrogens with zero attached hydrogens (tertiary/aromatic N) is 2. The fourth-order valence-electron chi connectivity index (χ4n) is 3.79. The summed E-state index contributed by atoms with van der Waals surface area (Å²) in [5.74, 6) is 0.966. The summed E-state index contributed by atoms with van der Waals surface area (Å²) in [5, 5.41) is 0. The molecule has 0 fully saturated rings. The number of unbranched alkanes of at least 4 members (excludes halogenated alkanes) is 1. The van der Waals surface area contributed by atoms with Crippen LogP contribution in [0.5, 0.6) is 5.75 Å². The van der Waals surface area contributed by atoms with E-state index in [9.17, 15) is 4.79 Å². The number of ether oxygens (including phenoxy) is 1. The molecule has 0 atom stereocenters. The number of carbonyl (C=O) groups is 1. The van der Waals surface area contributed by atoms with E-state index in [0.29, 0.717) is 0 Å². The first-order chi connectivity index (χ1) is 14.1. The van der Waals surface area contributed by atoms with E-state index in [1.54, 1.807) is 0 Å². The predicted octanol–water partition coefficient (Wildman–Crippen LogP) is 5.54. The van der Waals surface area contributed by atoms with E-state index in [1.807, 2.05) is 41.3 Å². The molecule has 156 valence electrons. The first-order valence-electron chi connectivity index (χ1n) is 10.7. The summed E-state index contributed by atoms with van der Waals surface area (Å²) in [5.41, 5.74) is 2.93. The second kappa shape index (κ2) is 10.8. The molecule has 5 heteroatoms. The van der Waals surface area contributed by atoms with Crippen LogP contribution in [0.3, 0.4) is 0 Å². The maximum absolute atomic E-state index is 13.0. The van der Waals surface area contributed by atoms with Crippen LogP contribution < -0.4 is 9.64 Å². The molecule has 0 spiro atoms. The van der Waals surface area contributed by atoms with Gasteiger partial charge in [0, 0.05) is 22.3 Å². The van der Waals surface area contributed by atoms with Crippen LogP contribution >= 0.6 is 15.9 Å². The molecule has 2 aromatic carbocycles. The molecule has 1 amide bonds. The lowest BCUT2D eigenvalue weighted by atomic mass is 10.0. The Morgan fingerprint density at radius 3 is 2.59 bits per heavy atom. The van der Waals surface area contributed by atoms with Crippen LogP contribution in [0.4, 0.5) is 5.69 Å². The molecular weight excluding hydrogens is 428 g/mol. The number of anilines is 1. The third-order valence-electron chi connectivity index (χ3n) is 5.54. The second-order valence-electron chi connectivity index (χ2n) is 7.44. The smallest absolute Gasteiger partial charge is 0.258 e. The quantitative estimate of drug-likeness (QED) is 0.462. The fourth-order valence-corrected chi connectivity index (χ4v) is 4.05. The molecule has 0 unspecified atom stereocenters. The number of fused-ring (bicyclic) bond motifs is 1. The highest BCUT2D eigenvalue weighted by atomic mass is 79.9. The van der Waals surface area contributed by atoms with Gasteiger partial charge in [-0.25, -0.2) is 0 Å². The summed E-state index contributed by atoms with van der Waals surface area (Å²) >= 11 is 3.43. The summed E-state index contributed by atoms with van der Waals surface area (Å²) in [6.07, 6.45) is 4.17. The average molecular weight is 459 g/mol. The van der Waals surface area contributed by atoms with Crippen LogP contribution in [-0.2, 0) is 6.42 Å². The monoisotopic (exact) mass is 458 g/mol. The first kappa shape index (κ1) is 21.8. The van der Waals surface area contributed by atoms with Crippen molar-refractivity contribution in [2.45, 2.75) is 39.5 Å². The number of benzene rings is 2. The zero-order chi connectivity index (χ0) is 20.6. The molecule has 0 aliphatic carbocycles. The third-order valence-corrected chi connectivity index (χ3v) is 6.07. The van der Waals surface area contributed by atoms with Gasteiger partial charge < -0.3 is 14.5 Å². The average Bonchev–Trinajstić information content (AvgIpc) is 2.75. The Labute approximate surface area is 183 Å². The molecule has 1 aliphatic rings. The summed E-state index contributed by atoms with van der Waals surface area (Å²) in [4.78, 5) is 17.3. The molecule has 3 rings (SSSR count). The highest BCUT2D eigenvalue weighted by Crippen LogP contribution is 2.32. The van der Waals surface area contributed by atoms with Gasteiger partial charge in [-0.05, 0) is 93.3 Å². The zero-order valence-corrected chi connectivity index (χ0v) is 19.1. The fraction of sp³-hybridized carbons (Fsp3) is 0.458. The van der Waals surface area contributed by atoms with Crippen LogP contribution in [0.15, 0.2) is 46.9 Å². The van der Waals surface area contributed by atoms with Crippen molar-refractivity contribution in [3.63, 3.8) is 0 Å². The van der Waals surface area contributed by atoms with E-state index in [-0.39, 0.29) is 5.91 Å². The number of carbonyl (C=O) groups excluding carboxylic acids is 1. The molecular formula is C24H31BrN2O2. The van der Waals surface area contributed by atoms with Crippen molar-refractivity contribution >= 4 is 27.5 Å². The van der Waals surface area contributed by atoms with Crippen LogP contribution in [-0.4, -0.2) is 43.6 Å². The van der Waals surface area contributed by atoms with Crippen molar-refractivity contribution < 1.29 is 9.53 Å². The van der Waals surface area contributed by atoms with Gasteiger partial charge in [0.2, 0.25) is 0 Å². The Morgan fingerprint density at radius 2 is 1.86 bits per heavy atom. The Balaban J connectivity index is 1.59. The molecule has 0 radical (unpaired) electrons. The Hall–Kier alpha value is -1.85. The highest BCUT2D eigenvalue weighted by Gasteiger charge is 2.24. The predicted molar refractivity (Wildman–Crippen MR) is 123 cm³/mol. The molecule has 29 heavy (non-hydrogen) atoms. The number of aryl methyl sites for hydroxylation is 1. The van der Waals surface area contributed by atoms with E-state index in [4.69, 9.17) is 4.74 Å². The van der Waals surface area contributed by atoms with E-state index in [2.05, 4.69) is 40.7 Å². The maximum Gasteiger partial charge on any atom is 0.258 e. The Kier molecular flexibility index (Phi) is 8.13. The topological polar surface area (TPSA) is 32.8 Å². The van der Waals surface area contributed by atoms with Gasteiger partial charge in [-0.2, -0.15) is 0 Å². The van der Waals surface area contributed by atoms with Gasteiger partial charge in [0.1, 0.15) is 5.75 Å². The lowest BCUT2D eigenvalue weighted by Gasteiger charge is -2.30. The van der Waals surface area contributed by atoms with Crippen LogP contribution in [0.25, 0.3) is 0 Å². The number of rotatable bonds is 9. The van der Waals surface area contributed by atoms with E-state index >= 15 is 0 Å². The number of hydrogen-bond donors (Lipinski definition) is 0. The Bertz CT molecular complexity index is 803. The molecule has 1 aliphatic heterocycles. The minimum Gasteiger partial charge on any atom is -0.494 e. The number of halogens is 1. The molecule has 0 aromatic heterocycles. The van der Waals surface area contributed by atoms with Crippen molar-refractivity contribution in [3.05, 3.63) is 58.1 Å². The maximum atomic E-state index is 13.0. The minimum absolute atomic E-state index is 0.0588. The van der Waals surface area contributed by atoms with E-state index in [0.717, 1.165) is 79.9 Å². The normalized spacial score (nSPS) is 13.4. The van der Waals surface area contributed by atoms with Crippen molar-refractivity contribution in [1.82, 2.24) is 4.90 Å². The molecule has 1 heterocycles. The third kappa shape index (κ3) is 5.83. The van der Waals surface area contributed by atoms with Crippen LogP contribution in [0, 0.1) is 0 Å². The van der Waals surface area contributed by atoms with Crippen LogP contribution in [0.1, 0.15) is 49.0 Å². The largest absolute Gasteiger partial charge is 0.494 e. The molecule has 0 N–H and O–H groups in total. The Morgan fingerprint density at radius 1 is 1.10 bits per heavy atom. The molecule has 4 nitrogen and oxygen atoms in total. The summed E-state index contributed by atoms with van der Waals surface area (Å²) in [7, 11) is 0. The van der Waals surface area contributed by atoms with Gasteiger partial charge in [0.25, 0.3) is 5.91 Å². The standard InChI is InChI=1S/C24H31BrN2O2/c1-3-26(4-2)15-5-6-17-29-22-13-14-23-20(18-22)8-7-16-27(23)24(28)19-9-11-21(25)12-10-19/h9-14,18H,3-8,15-17H2,1-2H3. The lowest BCUT2D eigenvalue weighted by molar-refractivity contribution is 0.0985. The van der Waals surface area contributed by atoms with Gasteiger partial charge in [-0.15, -0.1) is 0 Å². The van der Waals surface area contributed by atoms with Gasteiger partial charge in [-0.1, -0.05) is 29.8 Å². The summed E-state index contributed by atoms with van der Waals surface area (Å²) in [6, 6.07) is 13.7. The van der Waals surface area contributed by atoms with Gasteiger partial charge >= 0.3 is 0 Å². The second-order valence-corrected chi connectivity index (χ2v) is 8.36. The molecule has 0 saturated carbocycles. The van der Waals surface area contributed by atoms with E-state index < -0.39 is 0 Å². The SMILES string of the molecule is CCN(CC)CCCCOc1ccc2c(c1)CCCN2C(=O)c1ccc(Br)cc1. The van der Waals surface area contributed by atoms with Crippen molar-refractivity contribution in [1.29, 1.82) is 0 Å². The lowest BCUT2D eigenvalue weighted by Crippen LogP contribution is -2.35. The zero-order valence-electron chi connectivity index (χ0n) is 17.5. The summed E-state index contributed by atoms with van der Waals surface area (Å²) < 4.78 is 6.97. The molecule has 0 bridgehead atoms. The van der Waals surface area contributed by atoms with Crippen molar-refractivity contribution in [2.24, 2.45) is 0 Å². The highest BCUT2D eigenvalue weighted by molar-refractivity contribution is 9.10. The van der Waals surface area contributed by atoms with Crippen molar-refractivity contribution in [3.8, 4) is 5.75 Å². The minimum atomic E-state index is 0.0588. The summed E-state index contributed by atoms with van der Waals surface area (Å²) in [6.45, 7) is 9.26. The van der Waals surface area contributed by atoms with Crippen LogP contribution in [0.2, 0.25) is 0 Å². The molecule has 0 saturated heterocycles. The number of hydrogen-bond acceptors (Lipinski definition) is 3. The van der Waals surface area contributed by atoms with Gasteiger partial charge in [0.05, 0.1) is 6.61 Å². The van der Waals surface area contributed by atoms with Crippen molar-refractivity contribution in [2.75, 3.05) is 37.7 Å². The number of amides is 1. The molecule has 2 aromatic rings. The van der Waals surface area contributed by atoms with Gasteiger partial charge in [0.15, 0.2) is 0 Å². The van der Waals surface area contributed by atoms with Gasteiger partial charge in [-0.3, -0.25) is 4.79 Å². The first-order valence-corrected chi connectivity index (χ1v) is 11.5. The van der Waals surface area contributed by atoms with E-state index in [1.165, 1.54) is 5.56 Å².